The third-order valence-electron chi connectivity index (χ3n) is 3.50. The molecule has 0 bridgehead atoms. The normalized spacial score (nSPS) is 21.2. The first-order chi connectivity index (χ1) is 7.51. The van der Waals surface area contributed by atoms with Gasteiger partial charge in [-0.3, -0.25) is 9.59 Å². The molecular formula is C12H22N2O2. The van der Waals surface area contributed by atoms with E-state index in [4.69, 9.17) is 0 Å². The van der Waals surface area contributed by atoms with Crippen molar-refractivity contribution < 1.29 is 9.59 Å². The predicted octanol–water partition coefficient (Wildman–Crippen LogP) is 1.25. The number of hydrogen-bond acceptors (Lipinski definition) is 2. The zero-order valence-corrected chi connectivity index (χ0v) is 10.7. The second-order valence-corrected chi connectivity index (χ2v) is 4.56. The van der Waals surface area contributed by atoms with Crippen molar-refractivity contribution in [2.75, 3.05) is 13.1 Å². The SMILES string of the molecule is CCC(C)N1CC(=O)N(C(C)CC)CC1=O. The van der Waals surface area contributed by atoms with Gasteiger partial charge in [0.2, 0.25) is 11.8 Å². The summed E-state index contributed by atoms with van der Waals surface area (Å²) >= 11 is 0. The van der Waals surface area contributed by atoms with E-state index in [-0.39, 0.29) is 37.0 Å². The van der Waals surface area contributed by atoms with Gasteiger partial charge in [0.15, 0.2) is 0 Å². The van der Waals surface area contributed by atoms with Crippen LogP contribution < -0.4 is 0 Å². The topological polar surface area (TPSA) is 40.6 Å². The molecule has 1 heterocycles. The Morgan fingerprint density at radius 1 is 0.938 bits per heavy atom. The monoisotopic (exact) mass is 226 g/mol. The summed E-state index contributed by atoms with van der Waals surface area (Å²) in [5, 5.41) is 0. The minimum absolute atomic E-state index is 0.0780. The maximum atomic E-state index is 11.9. The lowest BCUT2D eigenvalue weighted by atomic mass is 10.1. The van der Waals surface area contributed by atoms with Crippen LogP contribution in [-0.4, -0.2) is 46.8 Å². The van der Waals surface area contributed by atoms with Crippen molar-refractivity contribution in [3.8, 4) is 0 Å². The molecule has 2 atom stereocenters. The van der Waals surface area contributed by atoms with E-state index < -0.39 is 0 Å². The van der Waals surface area contributed by atoms with E-state index >= 15 is 0 Å². The van der Waals surface area contributed by atoms with Gasteiger partial charge in [-0.25, -0.2) is 0 Å². The van der Waals surface area contributed by atoms with Crippen LogP contribution in [0, 0.1) is 0 Å². The van der Waals surface area contributed by atoms with Gasteiger partial charge in [-0.2, -0.15) is 0 Å². The van der Waals surface area contributed by atoms with Gasteiger partial charge >= 0.3 is 0 Å². The second-order valence-electron chi connectivity index (χ2n) is 4.56. The number of hydrogen-bond donors (Lipinski definition) is 0. The number of carbonyl (C=O) groups is 2. The highest BCUT2D eigenvalue weighted by Gasteiger charge is 2.33. The molecule has 2 amide bonds. The van der Waals surface area contributed by atoms with Crippen LogP contribution in [0.3, 0.4) is 0 Å². The summed E-state index contributed by atoms with van der Waals surface area (Å²) in [6.07, 6.45) is 1.78. The third kappa shape index (κ3) is 2.54. The number of nitrogens with zero attached hydrogens (tertiary/aromatic N) is 2. The molecule has 0 radical (unpaired) electrons. The molecule has 1 aliphatic heterocycles. The molecule has 0 aliphatic carbocycles. The van der Waals surface area contributed by atoms with Crippen molar-refractivity contribution in [1.29, 1.82) is 0 Å². The Kier molecular flexibility index (Phi) is 4.33. The molecule has 4 nitrogen and oxygen atoms in total. The lowest BCUT2D eigenvalue weighted by Crippen LogP contribution is -2.58. The van der Waals surface area contributed by atoms with Crippen LogP contribution in [0.1, 0.15) is 40.5 Å². The molecular weight excluding hydrogens is 204 g/mol. The fourth-order valence-corrected chi connectivity index (χ4v) is 1.89. The summed E-state index contributed by atoms with van der Waals surface area (Å²) < 4.78 is 0. The largest absolute Gasteiger partial charge is 0.329 e. The van der Waals surface area contributed by atoms with E-state index in [1.165, 1.54) is 0 Å². The van der Waals surface area contributed by atoms with Crippen LogP contribution in [0.5, 0.6) is 0 Å². The Morgan fingerprint density at radius 2 is 1.25 bits per heavy atom. The van der Waals surface area contributed by atoms with Gasteiger partial charge in [0.05, 0.1) is 0 Å². The Balaban J connectivity index is 2.71. The summed E-state index contributed by atoms with van der Waals surface area (Å²) in [6.45, 7) is 8.54. The van der Waals surface area contributed by atoms with Crippen molar-refractivity contribution in [3.63, 3.8) is 0 Å². The van der Waals surface area contributed by atoms with Crippen LogP contribution in [0.4, 0.5) is 0 Å². The lowest BCUT2D eigenvalue weighted by molar-refractivity contribution is -0.153. The Labute approximate surface area is 97.6 Å². The summed E-state index contributed by atoms with van der Waals surface area (Å²) in [5.74, 6) is 0.156. The van der Waals surface area contributed by atoms with Crippen molar-refractivity contribution in [1.82, 2.24) is 9.80 Å². The highest BCUT2D eigenvalue weighted by atomic mass is 16.2. The van der Waals surface area contributed by atoms with E-state index in [1.807, 2.05) is 27.7 Å². The van der Waals surface area contributed by atoms with Crippen molar-refractivity contribution >= 4 is 11.8 Å². The van der Waals surface area contributed by atoms with Crippen molar-refractivity contribution in [2.24, 2.45) is 0 Å². The maximum Gasteiger partial charge on any atom is 0.242 e. The molecule has 0 aromatic carbocycles. The molecule has 0 spiro atoms. The van der Waals surface area contributed by atoms with E-state index in [2.05, 4.69) is 0 Å². The molecule has 16 heavy (non-hydrogen) atoms. The molecule has 2 unspecified atom stereocenters. The summed E-state index contributed by atoms with van der Waals surface area (Å²) in [6, 6.07) is 0.325. The van der Waals surface area contributed by atoms with Gasteiger partial charge in [0, 0.05) is 12.1 Å². The van der Waals surface area contributed by atoms with E-state index in [0.717, 1.165) is 12.8 Å². The first kappa shape index (κ1) is 13.0. The van der Waals surface area contributed by atoms with Gasteiger partial charge in [-0.15, -0.1) is 0 Å². The standard InChI is InChI=1S/C12H22N2O2/c1-5-9(3)13-7-12(16)14(8-11(13)15)10(4)6-2/h9-10H,5-8H2,1-4H3. The van der Waals surface area contributed by atoms with Gasteiger partial charge in [-0.1, -0.05) is 13.8 Å². The smallest absolute Gasteiger partial charge is 0.242 e. The second kappa shape index (κ2) is 5.32. The molecule has 1 rings (SSSR count). The van der Waals surface area contributed by atoms with E-state index in [1.54, 1.807) is 9.80 Å². The van der Waals surface area contributed by atoms with Gasteiger partial charge < -0.3 is 9.80 Å². The Hall–Kier alpha value is -1.06. The molecule has 1 saturated heterocycles. The number of amides is 2. The predicted molar refractivity (Wildman–Crippen MR) is 62.9 cm³/mol. The molecule has 4 heteroatoms. The highest BCUT2D eigenvalue weighted by Crippen LogP contribution is 2.14. The quantitative estimate of drug-likeness (QED) is 0.724. The maximum absolute atomic E-state index is 11.9. The molecule has 0 N–H and O–H groups in total. The van der Waals surface area contributed by atoms with Crippen LogP contribution in [0.25, 0.3) is 0 Å². The molecule has 0 aromatic rings. The summed E-state index contributed by atoms with van der Waals surface area (Å²) in [7, 11) is 0. The van der Waals surface area contributed by atoms with Crippen LogP contribution >= 0.6 is 0 Å². The van der Waals surface area contributed by atoms with E-state index in [0.29, 0.717) is 0 Å². The molecule has 1 aliphatic rings. The fraction of sp³-hybridized carbons (Fsp3) is 0.833. The van der Waals surface area contributed by atoms with Crippen LogP contribution in [0.15, 0.2) is 0 Å². The minimum Gasteiger partial charge on any atom is -0.329 e. The first-order valence-electron chi connectivity index (χ1n) is 6.10. The number of piperazine rings is 1. The number of carbonyl (C=O) groups excluding carboxylic acids is 2. The van der Waals surface area contributed by atoms with Gasteiger partial charge in [0.25, 0.3) is 0 Å². The summed E-state index contributed by atoms with van der Waals surface area (Å²) in [4.78, 5) is 27.2. The average Bonchev–Trinajstić information content (AvgIpc) is 2.29. The zero-order chi connectivity index (χ0) is 12.3. The fourth-order valence-electron chi connectivity index (χ4n) is 1.89. The highest BCUT2D eigenvalue weighted by molar-refractivity contribution is 5.92. The van der Waals surface area contributed by atoms with Gasteiger partial charge in [0.1, 0.15) is 13.1 Å². The van der Waals surface area contributed by atoms with Crippen molar-refractivity contribution in [3.05, 3.63) is 0 Å². The van der Waals surface area contributed by atoms with Crippen LogP contribution in [-0.2, 0) is 9.59 Å². The first-order valence-corrected chi connectivity index (χ1v) is 6.10. The third-order valence-corrected chi connectivity index (χ3v) is 3.50. The lowest BCUT2D eigenvalue weighted by Gasteiger charge is -2.39. The Morgan fingerprint density at radius 3 is 1.50 bits per heavy atom. The number of rotatable bonds is 4. The molecule has 1 fully saturated rings. The molecule has 0 aromatic heterocycles. The van der Waals surface area contributed by atoms with Crippen molar-refractivity contribution in [2.45, 2.75) is 52.6 Å². The average molecular weight is 226 g/mol. The molecule has 92 valence electrons. The Bertz CT molecular complexity index is 250. The van der Waals surface area contributed by atoms with Gasteiger partial charge in [-0.05, 0) is 26.7 Å². The zero-order valence-electron chi connectivity index (χ0n) is 10.7. The van der Waals surface area contributed by atoms with Crippen LogP contribution in [0.2, 0.25) is 0 Å². The summed E-state index contributed by atoms with van der Waals surface area (Å²) in [5.41, 5.74) is 0. The van der Waals surface area contributed by atoms with E-state index in [9.17, 15) is 9.59 Å². The minimum atomic E-state index is 0.0780. The molecule has 0 saturated carbocycles.